The largest absolute Gasteiger partial charge is 0.484 e. The van der Waals surface area contributed by atoms with Crippen molar-refractivity contribution in [2.75, 3.05) is 5.73 Å². The maximum absolute atomic E-state index is 12.9. The van der Waals surface area contributed by atoms with Gasteiger partial charge in [-0.15, -0.1) is 0 Å². The van der Waals surface area contributed by atoms with E-state index < -0.39 is 10.9 Å². The molecule has 1 atom stereocenters. The first-order valence-corrected chi connectivity index (χ1v) is 14.0. The van der Waals surface area contributed by atoms with Crippen LogP contribution in [0.25, 0.3) is 11.1 Å². The lowest BCUT2D eigenvalue weighted by Gasteiger charge is -2.16. The summed E-state index contributed by atoms with van der Waals surface area (Å²) in [6, 6.07) is 18.1. The Hall–Kier alpha value is -3.87. The Balaban J connectivity index is 1.67. The van der Waals surface area contributed by atoms with E-state index in [0.29, 0.717) is 5.75 Å². The monoisotopic (exact) mass is 532 g/mol. The van der Waals surface area contributed by atoms with Gasteiger partial charge in [-0.25, -0.2) is 4.79 Å². The van der Waals surface area contributed by atoms with Gasteiger partial charge in [0, 0.05) is 12.1 Å². The zero-order valence-electron chi connectivity index (χ0n) is 23.3. The van der Waals surface area contributed by atoms with E-state index in [1.807, 2.05) is 19.1 Å². The molecular weight excluding hydrogens is 492 g/mol. The summed E-state index contributed by atoms with van der Waals surface area (Å²) in [5.74, 6) is -0.389. The molecule has 0 saturated carbocycles. The van der Waals surface area contributed by atoms with Crippen molar-refractivity contribution in [3.8, 4) is 22.6 Å². The summed E-state index contributed by atoms with van der Waals surface area (Å²) in [6.45, 7) is 6.22. The SMILES string of the molecule is CCCCCC[C@@H](C)Oc1cc(N)c(C(=O)Oc2ccc(-c3ccc(CCCCC)cc3)cc2)cc1[N+](=O)[O-]. The number of hydrogen-bond donors (Lipinski definition) is 1. The fourth-order valence-electron chi connectivity index (χ4n) is 4.45. The minimum absolute atomic E-state index is 0.0535. The van der Waals surface area contributed by atoms with Crippen molar-refractivity contribution < 1.29 is 19.2 Å². The summed E-state index contributed by atoms with van der Waals surface area (Å²) >= 11 is 0. The summed E-state index contributed by atoms with van der Waals surface area (Å²) in [7, 11) is 0. The number of hydrogen-bond acceptors (Lipinski definition) is 6. The summed E-state index contributed by atoms with van der Waals surface area (Å²) in [4.78, 5) is 24.0. The second-order valence-corrected chi connectivity index (χ2v) is 10.0. The van der Waals surface area contributed by atoms with Crippen LogP contribution in [0.3, 0.4) is 0 Å². The summed E-state index contributed by atoms with van der Waals surface area (Å²) < 4.78 is 11.3. The highest BCUT2D eigenvalue weighted by molar-refractivity contribution is 5.97. The van der Waals surface area contributed by atoms with Crippen LogP contribution in [0.15, 0.2) is 60.7 Å². The van der Waals surface area contributed by atoms with Gasteiger partial charge in [-0.3, -0.25) is 10.1 Å². The normalized spacial score (nSPS) is 11.7. The zero-order valence-corrected chi connectivity index (χ0v) is 23.3. The molecule has 0 radical (unpaired) electrons. The molecule has 7 nitrogen and oxygen atoms in total. The predicted octanol–water partition coefficient (Wildman–Crippen LogP) is 8.53. The van der Waals surface area contributed by atoms with Crippen molar-refractivity contribution >= 4 is 17.3 Å². The Bertz CT molecular complexity index is 1220. The van der Waals surface area contributed by atoms with Crippen molar-refractivity contribution in [3.63, 3.8) is 0 Å². The molecule has 3 rings (SSSR count). The number of nitro benzene ring substituents is 1. The molecule has 0 aliphatic heterocycles. The van der Waals surface area contributed by atoms with E-state index in [1.165, 1.54) is 30.9 Å². The number of nitrogen functional groups attached to an aromatic ring is 1. The van der Waals surface area contributed by atoms with Gasteiger partial charge in [0.25, 0.3) is 0 Å². The molecule has 0 unspecified atom stereocenters. The van der Waals surface area contributed by atoms with E-state index in [2.05, 4.69) is 38.1 Å². The lowest BCUT2D eigenvalue weighted by Crippen LogP contribution is -2.15. The molecule has 0 saturated heterocycles. The van der Waals surface area contributed by atoms with Crippen molar-refractivity contribution in [3.05, 3.63) is 81.9 Å². The number of anilines is 1. The van der Waals surface area contributed by atoms with Crippen LogP contribution in [0.1, 0.15) is 88.1 Å². The number of esters is 1. The van der Waals surface area contributed by atoms with Crippen LogP contribution in [0, 0.1) is 10.1 Å². The van der Waals surface area contributed by atoms with Gasteiger partial charge in [0.05, 0.1) is 22.3 Å². The number of carbonyl (C=O) groups excluding carboxylic acids is 1. The molecule has 0 fully saturated rings. The Morgan fingerprint density at radius 2 is 1.51 bits per heavy atom. The number of ether oxygens (including phenoxy) is 2. The molecule has 0 bridgehead atoms. The average Bonchev–Trinajstić information content (AvgIpc) is 2.92. The Labute approximate surface area is 231 Å². The molecule has 208 valence electrons. The molecule has 0 spiro atoms. The van der Waals surface area contributed by atoms with Gasteiger partial charge >= 0.3 is 11.7 Å². The minimum Gasteiger partial charge on any atom is -0.484 e. The topological polar surface area (TPSA) is 105 Å². The summed E-state index contributed by atoms with van der Waals surface area (Å²) in [5.41, 5.74) is 9.17. The van der Waals surface area contributed by atoms with Gasteiger partial charge in [0.15, 0.2) is 5.75 Å². The molecule has 0 aliphatic rings. The Morgan fingerprint density at radius 1 is 0.897 bits per heavy atom. The number of unbranched alkanes of at least 4 members (excludes halogenated alkanes) is 5. The van der Waals surface area contributed by atoms with Crippen LogP contribution in [0.5, 0.6) is 11.5 Å². The predicted molar refractivity (Wildman–Crippen MR) is 156 cm³/mol. The van der Waals surface area contributed by atoms with Crippen LogP contribution in [-0.4, -0.2) is 17.0 Å². The van der Waals surface area contributed by atoms with Crippen LogP contribution < -0.4 is 15.2 Å². The maximum atomic E-state index is 12.9. The molecule has 0 aromatic heterocycles. The highest BCUT2D eigenvalue weighted by Crippen LogP contribution is 2.34. The van der Waals surface area contributed by atoms with Gasteiger partial charge < -0.3 is 15.2 Å². The third-order valence-electron chi connectivity index (χ3n) is 6.76. The molecule has 3 aromatic carbocycles. The minimum atomic E-state index is -0.765. The van der Waals surface area contributed by atoms with Crippen LogP contribution in [0.2, 0.25) is 0 Å². The Kier molecular flexibility index (Phi) is 11.3. The van der Waals surface area contributed by atoms with E-state index in [1.54, 1.807) is 12.1 Å². The van der Waals surface area contributed by atoms with E-state index >= 15 is 0 Å². The van der Waals surface area contributed by atoms with Crippen LogP contribution in [-0.2, 0) is 6.42 Å². The molecule has 0 amide bonds. The number of benzene rings is 3. The molecular formula is C32H40N2O5. The number of rotatable bonds is 15. The second kappa shape index (κ2) is 14.9. The molecule has 0 heterocycles. The first-order chi connectivity index (χ1) is 18.8. The fourth-order valence-corrected chi connectivity index (χ4v) is 4.45. The van der Waals surface area contributed by atoms with Crippen molar-refractivity contribution in [2.45, 2.75) is 84.7 Å². The highest BCUT2D eigenvalue weighted by Gasteiger charge is 2.24. The lowest BCUT2D eigenvalue weighted by atomic mass is 10.0. The molecule has 39 heavy (non-hydrogen) atoms. The quantitative estimate of drug-likeness (QED) is 0.0525. The first-order valence-electron chi connectivity index (χ1n) is 14.0. The third-order valence-corrected chi connectivity index (χ3v) is 6.76. The number of nitro groups is 1. The zero-order chi connectivity index (χ0) is 28.2. The van der Waals surface area contributed by atoms with E-state index in [0.717, 1.165) is 55.7 Å². The maximum Gasteiger partial charge on any atom is 0.345 e. The van der Waals surface area contributed by atoms with Crippen LogP contribution >= 0.6 is 0 Å². The standard InChI is InChI=1S/C32H40N2O5/c1-4-6-8-10-11-23(3)38-31-22-29(33)28(21-30(31)34(36)37)32(35)39-27-19-17-26(18-20-27)25-15-13-24(14-16-25)12-9-7-5-2/h13-23H,4-12,33H2,1-3H3/t23-/m1/s1. The molecule has 7 heteroatoms. The third kappa shape index (κ3) is 8.84. The smallest absolute Gasteiger partial charge is 0.345 e. The molecule has 2 N–H and O–H groups in total. The number of carbonyl (C=O) groups is 1. The lowest BCUT2D eigenvalue weighted by molar-refractivity contribution is -0.386. The van der Waals surface area contributed by atoms with E-state index in [9.17, 15) is 14.9 Å². The Morgan fingerprint density at radius 3 is 2.13 bits per heavy atom. The first kappa shape index (κ1) is 29.7. The van der Waals surface area contributed by atoms with Crippen molar-refractivity contribution in [1.29, 1.82) is 0 Å². The van der Waals surface area contributed by atoms with Gasteiger partial charge in [-0.1, -0.05) is 82.3 Å². The van der Waals surface area contributed by atoms with E-state index in [-0.39, 0.29) is 28.8 Å². The summed E-state index contributed by atoms with van der Waals surface area (Å²) in [6.07, 6.45) is 9.62. The van der Waals surface area contributed by atoms with Gasteiger partial charge in [-0.2, -0.15) is 0 Å². The number of nitrogens with two attached hydrogens (primary N) is 1. The number of nitrogens with zero attached hydrogens (tertiary/aromatic N) is 1. The fraction of sp³-hybridized carbons (Fsp3) is 0.406. The van der Waals surface area contributed by atoms with Crippen molar-refractivity contribution in [2.24, 2.45) is 0 Å². The van der Waals surface area contributed by atoms with Gasteiger partial charge in [0.2, 0.25) is 0 Å². The molecule has 0 aliphatic carbocycles. The second-order valence-electron chi connectivity index (χ2n) is 10.0. The highest BCUT2D eigenvalue weighted by atomic mass is 16.6. The molecule has 3 aromatic rings. The van der Waals surface area contributed by atoms with Gasteiger partial charge in [0.1, 0.15) is 5.75 Å². The van der Waals surface area contributed by atoms with E-state index in [4.69, 9.17) is 15.2 Å². The van der Waals surface area contributed by atoms with Gasteiger partial charge in [-0.05, 0) is 61.4 Å². The van der Waals surface area contributed by atoms with Crippen molar-refractivity contribution in [1.82, 2.24) is 0 Å². The average molecular weight is 533 g/mol. The summed E-state index contributed by atoms with van der Waals surface area (Å²) in [5, 5.41) is 11.7. The van der Waals surface area contributed by atoms with Crippen LogP contribution in [0.4, 0.5) is 11.4 Å². The number of aryl methyl sites for hydroxylation is 1.